The number of ether oxygens (including phenoxy) is 4. The largest absolute Gasteiger partial charge is 0.479 e. The Morgan fingerprint density at radius 2 is 1.57 bits per heavy atom. The summed E-state index contributed by atoms with van der Waals surface area (Å²) in [5.41, 5.74) is 3.09. The van der Waals surface area contributed by atoms with Gasteiger partial charge in [-0.2, -0.15) is 14.7 Å². The Bertz CT molecular complexity index is 1690. The van der Waals surface area contributed by atoms with Crippen LogP contribution >= 0.6 is 0 Å². The first-order chi connectivity index (χ1) is 24.3. The van der Waals surface area contributed by atoms with Crippen LogP contribution in [0.3, 0.4) is 0 Å². The molecule has 51 heavy (non-hydrogen) atoms. The van der Waals surface area contributed by atoms with E-state index in [0.717, 1.165) is 40.4 Å². The first-order valence-electron chi connectivity index (χ1n) is 18.0. The van der Waals surface area contributed by atoms with Crippen LogP contribution in [0.1, 0.15) is 37.3 Å². The van der Waals surface area contributed by atoms with E-state index in [1.165, 1.54) is 0 Å². The van der Waals surface area contributed by atoms with Gasteiger partial charge in [0.1, 0.15) is 19.3 Å². The van der Waals surface area contributed by atoms with E-state index in [2.05, 4.69) is 55.3 Å². The third-order valence-electron chi connectivity index (χ3n) is 9.47. The second kappa shape index (κ2) is 16.9. The number of carboxylic acid groups (broad SMARTS) is 1. The smallest absolute Gasteiger partial charge is 0.335 e. The molecule has 5 rings (SSSR count). The van der Waals surface area contributed by atoms with E-state index in [1.54, 1.807) is 7.11 Å². The van der Waals surface area contributed by atoms with E-state index in [9.17, 15) is 9.90 Å². The highest BCUT2D eigenvalue weighted by Crippen LogP contribution is 2.41. The number of nitrogens with zero attached hydrogens (tertiary/aromatic N) is 6. The van der Waals surface area contributed by atoms with Crippen LogP contribution in [0.4, 0.5) is 5.82 Å². The average molecular weight is 737 g/mol. The van der Waals surface area contributed by atoms with Gasteiger partial charge in [0.05, 0.1) is 31.3 Å². The molecule has 278 valence electrons. The predicted molar refractivity (Wildman–Crippen MR) is 205 cm³/mol. The molecule has 0 radical (unpaired) electrons. The first kappa shape index (κ1) is 38.8. The van der Waals surface area contributed by atoms with E-state index >= 15 is 0 Å². The van der Waals surface area contributed by atoms with Crippen LogP contribution in [0, 0.1) is 0 Å². The Morgan fingerprint density at radius 3 is 2.16 bits per heavy atom. The number of para-hydroxylation sites is 1. The lowest BCUT2D eigenvalue weighted by Gasteiger charge is -2.36. The quantitative estimate of drug-likeness (QED) is 0.0603. The molecule has 1 N–H and O–H groups in total. The number of hydrogen-bond donors (Lipinski definition) is 1. The Balaban J connectivity index is 1.51. The Morgan fingerprint density at radius 1 is 0.922 bits per heavy atom. The van der Waals surface area contributed by atoms with Crippen LogP contribution in [0.25, 0.3) is 22.5 Å². The van der Waals surface area contributed by atoms with Crippen molar-refractivity contribution < 1.29 is 28.8 Å². The van der Waals surface area contributed by atoms with Gasteiger partial charge in [-0.3, -0.25) is 0 Å². The van der Waals surface area contributed by atoms with Crippen LogP contribution in [-0.4, -0.2) is 104 Å². The molecule has 1 saturated carbocycles. The fourth-order valence-electron chi connectivity index (χ4n) is 6.18. The highest BCUT2D eigenvalue weighted by atomic mass is 28.3. The molecule has 4 aromatic rings. The van der Waals surface area contributed by atoms with Gasteiger partial charge in [0.2, 0.25) is 0 Å². The van der Waals surface area contributed by atoms with Crippen molar-refractivity contribution in [2.45, 2.75) is 88.6 Å². The Kier molecular flexibility index (Phi) is 12.9. The van der Waals surface area contributed by atoms with Crippen molar-refractivity contribution in [2.75, 3.05) is 51.9 Å². The molecule has 0 aliphatic heterocycles. The van der Waals surface area contributed by atoms with Crippen molar-refractivity contribution in [1.29, 1.82) is 0 Å². The minimum atomic E-state index is -1.29. The molecule has 0 saturated heterocycles. The number of benzene rings is 1. The highest BCUT2D eigenvalue weighted by Gasteiger charge is 2.44. The van der Waals surface area contributed by atoms with Crippen molar-refractivity contribution in [3.63, 3.8) is 0 Å². The molecule has 0 spiro atoms. The molecule has 0 atom stereocenters. The summed E-state index contributed by atoms with van der Waals surface area (Å²) in [5, 5.41) is 19.7. The molecule has 1 aliphatic rings. The summed E-state index contributed by atoms with van der Waals surface area (Å²) in [7, 11) is -0.991. The van der Waals surface area contributed by atoms with Crippen LogP contribution in [0.5, 0.6) is 0 Å². The molecular weight excluding hydrogens is 681 g/mol. The van der Waals surface area contributed by atoms with Crippen molar-refractivity contribution in [2.24, 2.45) is 0 Å². The third-order valence-corrected chi connectivity index (χ3v) is 12.9. The van der Waals surface area contributed by atoms with E-state index in [-0.39, 0.29) is 12.5 Å². The molecule has 0 unspecified atom stereocenters. The lowest BCUT2D eigenvalue weighted by molar-refractivity contribution is -0.173. The number of hydrogen-bond acceptors (Lipinski definition) is 9. The number of carbonyl (C=O) groups is 1. The maximum absolute atomic E-state index is 12.4. The third kappa shape index (κ3) is 10.4. The van der Waals surface area contributed by atoms with Gasteiger partial charge in [0.15, 0.2) is 11.2 Å². The van der Waals surface area contributed by atoms with Crippen LogP contribution in [-0.2, 0) is 23.7 Å². The van der Waals surface area contributed by atoms with Gasteiger partial charge in [-0.25, -0.2) is 14.5 Å². The first-order valence-corrected chi connectivity index (χ1v) is 25.5. The van der Waals surface area contributed by atoms with Gasteiger partial charge in [0.25, 0.3) is 0 Å². The molecule has 3 aromatic heterocycles. The number of aromatic nitrogens is 5. The molecular formula is C37H56N6O6Si2. The fourth-order valence-corrected chi connectivity index (χ4v) is 7.70. The molecule has 1 aromatic carbocycles. The summed E-state index contributed by atoms with van der Waals surface area (Å²) in [6.45, 7) is 16.7. The monoisotopic (exact) mass is 736 g/mol. The van der Waals surface area contributed by atoms with Gasteiger partial charge >= 0.3 is 5.97 Å². The molecule has 3 heterocycles. The summed E-state index contributed by atoms with van der Waals surface area (Å²) in [5.74, 6) is -0.0691. The number of fused-ring (bicyclic) bond motifs is 1. The van der Waals surface area contributed by atoms with Crippen LogP contribution < -0.4 is 4.90 Å². The average Bonchev–Trinajstić information content (AvgIpc) is 3.75. The lowest BCUT2D eigenvalue weighted by atomic mass is 9.77. The van der Waals surface area contributed by atoms with Crippen LogP contribution in [0.2, 0.25) is 51.4 Å². The van der Waals surface area contributed by atoms with E-state index < -0.39 is 27.7 Å². The Labute approximate surface area is 304 Å². The standard InChI is InChI=1S/C37H56N6O6Si2/c1-46-17-18-49-37(36(44)45)15-13-29(14-16-37)33-23-34(41(27-47-19-21-50(2,3)4)28-48-20-22-51(5,6)7)43-35(40-33)32(25-39-43)30-24-38-42(26-30)31-11-9-8-10-12-31/h8-12,23-26,29H,13-22,27-28H2,1-7H3,(H,44,45). The van der Waals surface area contributed by atoms with Gasteiger partial charge in [-0.1, -0.05) is 57.5 Å². The molecule has 1 aliphatic carbocycles. The number of rotatable bonds is 19. The van der Waals surface area contributed by atoms with E-state index in [4.69, 9.17) is 29.0 Å². The number of aliphatic carboxylic acids is 1. The zero-order chi connectivity index (χ0) is 36.6. The summed E-state index contributed by atoms with van der Waals surface area (Å²) in [6.07, 6.45) is 7.70. The SMILES string of the molecule is COCCOC1(C(=O)O)CCC(c2cc(N(COCC[Si](C)(C)C)COCC[Si](C)(C)C)n3ncc(-c4cnn(-c5ccccc5)c4)c3n2)CC1. The molecule has 0 amide bonds. The summed E-state index contributed by atoms with van der Waals surface area (Å²) in [6, 6.07) is 14.2. The number of carboxylic acids is 1. The van der Waals surface area contributed by atoms with Gasteiger partial charge in [0, 0.05) is 71.5 Å². The predicted octanol–water partition coefficient (Wildman–Crippen LogP) is 7.16. The maximum Gasteiger partial charge on any atom is 0.335 e. The zero-order valence-electron chi connectivity index (χ0n) is 31.4. The topological polar surface area (TPSA) is 125 Å². The van der Waals surface area contributed by atoms with Gasteiger partial charge in [-0.05, 0) is 49.9 Å². The van der Waals surface area contributed by atoms with E-state index in [1.807, 2.05) is 58.1 Å². The normalized spacial score (nSPS) is 18.4. The van der Waals surface area contributed by atoms with Crippen molar-refractivity contribution in [3.8, 4) is 16.8 Å². The second-order valence-corrected chi connectivity index (χ2v) is 27.2. The van der Waals surface area contributed by atoms with E-state index in [0.29, 0.717) is 64.6 Å². The van der Waals surface area contributed by atoms with Crippen molar-refractivity contribution in [3.05, 3.63) is 60.7 Å². The van der Waals surface area contributed by atoms with Gasteiger partial charge in [-0.15, -0.1) is 0 Å². The molecule has 0 bridgehead atoms. The molecule has 14 heteroatoms. The summed E-state index contributed by atoms with van der Waals surface area (Å²) >= 11 is 0. The van der Waals surface area contributed by atoms with Gasteiger partial charge < -0.3 is 29.0 Å². The number of anilines is 1. The second-order valence-electron chi connectivity index (χ2n) is 16.0. The fraction of sp³-hybridized carbons (Fsp3) is 0.568. The highest BCUT2D eigenvalue weighted by molar-refractivity contribution is 6.76. The molecule has 1 fully saturated rings. The van der Waals surface area contributed by atoms with Crippen molar-refractivity contribution in [1.82, 2.24) is 24.4 Å². The molecule has 12 nitrogen and oxygen atoms in total. The van der Waals surface area contributed by atoms with Crippen molar-refractivity contribution >= 4 is 33.6 Å². The minimum absolute atomic E-state index is 0.0320. The summed E-state index contributed by atoms with van der Waals surface area (Å²) < 4.78 is 27.5. The maximum atomic E-state index is 12.4. The minimum Gasteiger partial charge on any atom is -0.479 e. The number of methoxy groups -OCH3 is 1. The summed E-state index contributed by atoms with van der Waals surface area (Å²) in [4.78, 5) is 19.8. The lowest BCUT2D eigenvalue weighted by Crippen LogP contribution is -2.45. The van der Waals surface area contributed by atoms with Crippen LogP contribution in [0.15, 0.2) is 55.0 Å². The zero-order valence-corrected chi connectivity index (χ0v) is 33.4. The Hall–Kier alpha value is -3.41.